The Morgan fingerprint density at radius 3 is 2.42 bits per heavy atom. The van der Waals surface area contributed by atoms with Gasteiger partial charge in [-0.3, -0.25) is 4.98 Å². The molecular formula is C29H28F3N7O. The highest BCUT2D eigenvalue weighted by Crippen LogP contribution is 2.39. The summed E-state index contributed by atoms with van der Waals surface area (Å²) >= 11 is 0. The summed E-state index contributed by atoms with van der Waals surface area (Å²) in [5, 5.41) is 9.46. The van der Waals surface area contributed by atoms with Crippen LogP contribution in [-0.2, 0) is 5.41 Å². The van der Waals surface area contributed by atoms with E-state index < -0.39 is 23.4 Å². The van der Waals surface area contributed by atoms with E-state index in [-0.39, 0.29) is 18.4 Å². The standard InChI is InChI=1S/C29H28F3N7O/c1-17-14-19(15-21(35-17)26(31)32)24-25(18-8-10-20(30)11-9-18)37-28(34)38-27(24)40-13-12-39(4)23-7-5-6-22(36-23)29(2,3)16-33/h5-11,14-15,26H,12-13H2,1-4H3,(H2,34,37,38). The summed E-state index contributed by atoms with van der Waals surface area (Å²) in [4.78, 5) is 19.0. The number of rotatable bonds is 9. The summed E-state index contributed by atoms with van der Waals surface area (Å²) < 4.78 is 47.0. The minimum Gasteiger partial charge on any atom is -0.475 e. The molecule has 3 aromatic heterocycles. The Balaban J connectivity index is 1.70. The number of nitrogens with zero attached hydrogens (tertiary/aromatic N) is 6. The van der Waals surface area contributed by atoms with Gasteiger partial charge >= 0.3 is 0 Å². The second-order valence-corrected chi connectivity index (χ2v) is 9.73. The number of nitriles is 1. The van der Waals surface area contributed by atoms with E-state index >= 15 is 0 Å². The van der Waals surface area contributed by atoms with Gasteiger partial charge in [0.25, 0.3) is 6.43 Å². The largest absolute Gasteiger partial charge is 0.475 e. The molecule has 4 rings (SSSR count). The normalized spacial score (nSPS) is 11.4. The average Bonchev–Trinajstić information content (AvgIpc) is 2.92. The van der Waals surface area contributed by atoms with Crippen LogP contribution in [0.15, 0.2) is 54.6 Å². The first kappa shape index (κ1) is 28.3. The maximum atomic E-state index is 13.7. The number of aromatic nitrogens is 4. The first-order valence-electron chi connectivity index (χ1n) is 12.4. The minimum absolute atomic E-state index is 0.0818. The third-order valence-electron chi connectivity index (χ3n) is 6.21. The number of nitrogens with two attached hydrogens (primary N) is 1. The molecule has 0 saturated carbocycles. The van der Waals surface area contributed by atoms with Crippen molar-refractivity contribution in [2.24, 2.45) is 0 Å². The molecule has 0 fully saturated rings. The molecule has 4 aromatic rings. The van der Waals surface area contributed by atoms with Gasteiger partial charge in [0.2, 0.25) is 11.8 Å². The van der Waals surface area contributed by atoms with Crippen LogP contribution in [0.4, 0.5) is 24.9 Å². The zero-order valence-electron chi connectivity index (χ0n) is 22.5. The van der Waals surface area contributed by atoms with Crippen LogP contribution in [0.1, 0.15) is 37.4 Å². The summed E-state index contributed by atoms with van der Waals surface area (Å²) in [5.41, 5.74) is 7.35. The number of benzene rings is 1. The van der Waals surface area contributed by atoms with Crippen LogP contribution in [0, 0.1) is 24.1 Å². The second kappa shape index (κ2) is 11.6. The lowest BCUT2D eigenvalue weighted by Crippen LogP contribution is -2.26. The maximum Gasteiger partial charge on any atom is 0.280 e. The van der Waals surface area contributed by atoms with E-state index in [9.17, 15) is 18.4 Å². The third-order valence-corrected chi connectivity index (χ3v) is 6.21. The van der Waals surface area contributed by atoms with E-state index in [1.807, 2.05) is 24.1 Å². The predicted octanol–water partition coefficient (Wildman–Crippen LogP) is 5.88. The number of nitrogen functional groups attached to an aromatic ring is 1. The van der Waals surface area contributed by atoms with Gasteiger partial charge in [-0.25, -0.2) is 23.1 Å². The number of alkyl halides is 2. The fraction of sp³-hybridized carbons (Fsp3) is 0.276. The molecule has 0 bridgehead atoms. The molecule has 11 heteroatoms. The van der Waals surface area contributed by atoms with E-state index in [1.54, 1.807) is 32.9 Å². The van der Waals surface area contributed by atoms with Gasteiger partial charge in [-0.1, -0.05) is 6.07 Å². The Hall–Kier alpha value is -4.72. The Morgan fingerprint density at radius 2 is 1.75 bits per heavy atom. The fourth-order valence-corrected chi connectivity index (χ4v) is 4.02. The van der Waals surface area contributed by atoms with E-state index in [4.69, 9.17) is 10.5 Å². The molecule has 206 valence electrons. The zero-order valence-corrected chi connectivity index (χ0v) is 22.5. The van der Waals surface area contributed by atoms with Crippen molar-refractivity contribution in [2.75, 3.05) is 30.8 Å². The smallest absolute Gasteiger partial charge is 0.280 e. The van der Waals surface area contributed by atoms with Crippen molar-refractivity contribution in [3.8, 4) is 34.3 Å². The van der Waals surface area contributed by atoms with Gasteiger partial charge in [-0.2, -0.15) is 10.2 Å². The van der Waals surface area contributed by atoms with Gasteiger partial charge in [0.05, 0.1) is 35.0 Å². The topological polar surface area (TPSA) is 114 Å². The van der Waals surface area contributed by atoms with Gasteiger partial charge in [-0.15, -0.1) is 0 Å². The monoisotopic (exact) mass is 547 g/mol. The minimum atomic E-state index is -2.80. The van der Waals surface area contributed by atoms with Crippen molar-refractivity contribution in [1.29, 1.82) is 5.26 Å². The molecule has 1 aromatic carbocycles. The number of halogens is 3. The van der Waals surface area contributed by atoms with Crippen molar-refractivity contribution in [2.45, 2.75) is 32.6 Å². The van der Waals surface area contributed by atoms with Crippen molar-refractivity contribution in [3.05, 3.63) is 77.5 Å². The number of hydrogen-bond donors (Lipinski definition) is 1. The van der Waals surface area contributed by atoms with Gasteiger partial charge in [-0.05, 0) is 74.9 Å². The van der Waals surface area contributed by atoms with Crippen molar-refractivity contribution >= 4 is 11.8 Å². The van der Waals surface area contributed by atoms with Crippen molar-refractivity contribution < 1.29 is 17.9 Å². The molecule has 0 unspecified atom stereocenters. The lowest BCUT2D eigenvalue weighted by Gasteiger charge is -2.22. The molecule has 40 heavy (non-hydrogen) atoms. The molecule has 2 N–H and O–H groups in total. The van der Waals surface area contributed by atoms with E-state index in [0.717, 1.165) is 0 Å². The predicted molar refractivity (Wildman–Crippen MR) is 146 cm³/mol. The van der Waals surface area contributed by atoms with E-state index in [1.165, 1.54) is 30.3 Å². The Labute approximate surface area is 230 Å². The lowest BCUT2D eigenvalue weighted by molar-refractivity contribution is 0.146. The number of aryl methyl sites for hydroxylation is 1. The van der Waals surface area contributed by atoms with E-state index in [0.29, 0.717) is 46.1 Å². The highest BCUT2D eigenvalue weighted by atomic mass is 19.3. The van der Waals surface area contributed by atoms with Crippen molar-refractivity contribution in [1.82, 2.24) is 19.9 Å². The number of ether oxygens (including phenoxy) is 1. The van der Waals surface area contributed by atoms with Crippen LogP contribution in [-0.4, -0.2) is 40.1 Å². The molecule has 3 heterocycles. The summed E-state index contributed by atoms with van der Waals surface area (Å²) in [6, 6.07) is 16.1. The molecule has 8 nitrogen and oxygen atoms in total. The van der Waals surface area contributed by atoms with Crippen LogP contribution >= 0.6 is 0 Å². The maximum absolute atomic E-state index is 13.7. The molecule has 0 aliphatic carbocycles. The molecule has 0 spiro atoms. The second-order valence-electron chi connectivity index (χ2n) is 9.73. The van der Waals surface area contributed by atoms with Gasteiger partial charge in [0, 0.05) is 18.3 Å². The third kappa shape index (κ3) is 6.29. The van der Waals surface area contributed by atoms with Crippen LogP contribution in [0.2, 0.25) is 0 Å². The molecule has 0 amide bonds. The van der Waals surface area contributed by atoms with Crippen LogP contribution < -0.4 is 15.4 Å². The quantitative estimate of drug-likeness (QED) is 0.276. The fourth-order valence-electron chi connectivity index (χ4n) is 4.02. The summed E-state index contributed by atoms with van der Waals surface area (Å²) in [7, 11) is 1.83. The summed E-state index contributed by atoms with van der Waals surface area (Å²) in [6.07, 6.45) is -2.80. The van der Waals surface area contributed by atoms with Gasteiger partial charge in [0.15, 0.2) is 0 Å². The van der Waals surface area contributed by atoms with Crippen LogP contribution in [0.25, 0.3) is 22.4 Å². The number of likely N-dealkylation sites (N-methyl/N-ethyl adjacent to an activating group) is 1. The molecule has 0 aliphatic heterocycles. The zero-order chi connectivity index (χ0) is 29.0. The number of hydrogen-bond acceptors (Lipinski definition) is 8. The highest BCUT2D eigenvalue weighted by molar-refractivity contribution is 5.85. The number of pyridine rings is 2. The Kier molecular flexibility index (Phi) is 8.18. The summed E-state index contributed by atoms with van der Waals surface area (Å²) in [5.74, 6) is 0.186. The lowest BCUT2D eigenvalue weighted by atomic mass is 9.91. The molecule has 0 saturated heterocycles. The Bertz CT molecular complexity index is 1550. The van der Waals surface area contributed by atoms with Gasteiger partial charge in [0.1, 0.15) is 23.9 Å². The molecule has 0 radical (unpaired) electrons. The SMILES string of the molecule is Cc1cc(-c2c(OCCN(C)c3cccc(C(C)(C)C#N)n3)nc(N)nc2-c2ccc(F)cc2)cc(C(F)F)n1. The summed E-state index contributed by atoms with van der Waals surface area (Å²) in [6.45, 7) is 5.69. The van der Waals surface area contributed by atoms with E-state index in [2.05, 4.69) is 26.0 Å². The highest BCUT2D eigenvalue weighted by Gasteiger charge is 2.23. The van der Waals surface area contributed by atoms with Crippen LogP contribution in [0.5, 0.6) is 5.88 Å². The van der Waals surface area contributed by atoms with Crippen molar-refractivity contribution in [3.63, 3.8) is 0 Å². The number of anilines is 2. The van der Waals surface area contributed by atoms with Gasteiger partial charge < -0.3 is 15.4 Å². The first-order chi connectivity index (χ1) is 19.0. The molecule has 0 aliphatic rings. The average molecular weight is 548 g/mol. The first-order valence-corrected chi connectivity index (χ1v) is 12.4. The Morgan fingerprint density at radius 1 is 1.02 bits per heavy atom. The van der Waals surface area contributed by atoms with Crippen LogP contribution in [0.3, 0.4) is 0 Å². The molecule has 0 atom stereocenters. The molecular weight excluding hydrogens is 519 g/mol.